The Morgan fingerprint density at radius 3 is 3.07 bits per heavy atom. The third-order valence-corrected chi connectivity index (χ3v) is 1.21. The molecule has 0 spiro atoms. The van der Waals surface area contributed by atoms with Gasteiger partial charge in [0.1, 0.15) is 0 Å². The summed E-state index contributed by atoms with van der Waals surface area (Å²) in [5.74, 6) is 9.63. The summed E-state index contributed by atoms with van der Waals surface area (Å²) in [6.45, 7) is 2.03. The lowest BCUT2D eigenvalue weighted by atomic mass is 10.4. The molecule has 3 heteroatoms. The van der Waals surface area contributed by atoms with Crippen LogP contribution in [0, 0.1) is 23.7 Å². The van der Waals surface area contributed by atoms with E-state index in [1.165, 1.54) is 6.26 Å². The third-order valence-electron chi connectivity index (χ3n) is 1.21. The maximum absolute atomic E-state index is 10.7. The van der Waals surface area contributed by atoms with E-state index < -0.39 is 5.97 Å². The third kappa shape index (κ3) is 3.51. The summed E-state index contributed by atoms with van der Waals surface area (Å²) in [5, 5.41) is 0. The fraction of sp³-hybridized carbons (Fsp3) is 0.182. The lowest BCUT2D eigenvalue weighted by Gasteiger charge is -1.89. The van der Waals surface area contributed by atoms with E-state index in [0.29, 0.717) is 12.4 Å². The highest BCUT2D eigenvalue weighted by atomic mass is 16.5. The van der Waals surface area contributed by atoms with E-state index >= 15 is 0 Å². The molecule has 0 N–H and O–H groups in total. The van der Waals surface area contributed by atoms with Crippen LogP contribution >= 0.6 is 0 Å². The van der Waals surface area contributed by atoms with Gasteiger partial charge in [-0.25, -0.2) is 4.79 Å². The first-order chi connectivity index (χ1) is 6.83. The van der Waals surface area contributed by atoms with Crippen LogP contribution in [0.15, 0.2) is 22.8 Å². The van der Waals surface area contributed by atoms with Crippen molar-refractivity contribution >= 4 is 5.97 Å². The van der Waals surface area contributed by atoms with Gasteiger partial charge in [0.05, 0.1) is 12.9 Å². The molecule has 0 fully saturated rings. The predicted molar refractivity (Wildman–Crippen MR) is 50.0 cm³/mol. The number of hydrogen-bond acceptors (Lipinski definition) is 3. The molecule has 1 rings (SSSR count). The van der Waals surface area contributed by atoms with E-state index in [4.69, 9.17) is 4.42 Å². The predicted octanol–water partition coefficient (Wildman–Crippen LogP) is 1.20. The standard InChI is InChI=1S/C11H8O3/c1-2-13-11(12)8-4-3-6-10-7-5-9-14-10/h5,7,9H,2H2,1H3. The van der Waals surface area contributed by atoms with Crippen LogP contribution in [0.25, 0.3) is 0 Å². The molecule has 0 aliphatic carbocycles. The molecule has 0 aromatic carbocycles. The van der Waals surface area contributed by atoms with Crippen molar-refractivity contribution in [3.05, 3.63) is 24.2 Å². The average molecular weight is 188 g/mol. The molecule has 0 bridgehead atoms. The normalized spacial score (nSPS) is 7.79. The van der Waals surface area contributed by atoms with Gasteiger partial charge in [-0.2, -0.15) is 0 Å². The van der Waals surface area contributed by atoms with E-state index in [9.17, 15) is 4.79 Å². The quantitative estimate of drug-likeness (QED) is 0.377. The Morgan fingerprint density at radius 2 is 2.43 bits per heavy atom. The Labute approximate surface area is 82.1 Å². The largest absolute Gasteiger partial charge is 0.456 e. The molecule has 0 atom stereocenters. The number of ether oxygens (including phenoxy) is 1. The molecule has 70 valence electrons. The lowest BCUT2D eigenvalue weighted by molar-refractivity contribution is -0.136. The number of carbonyl (C=O) groups excluding carboxylic acids is 1. The first-order valence-corrected chi connectivity index (χ1v) is 4.05. The molecule has 0 saturated carbocycles. The Hall–Kier alpha value is -2.13. The Bertz CT molecular complexity index is 407. The number of esters is 1. The van der Waals surface area contributed by atoms with Gasteiger partial charge in [-0.15, -0.1) is 0 Å². The number of carbonyl (C=O) groups is 1. The summed E-state index contributed by atoms with van der Waals surface area (Å²) in [6, 6.07) is 3.43. The van der Waals surface area contributed by atoms with E-state index in [1.54, 1.807) is 19.1 Å². The molecule has 0 aliphatic heterocycles. The van der Waals surface area contributed by atoms with Gasteiger partial charge in [-0.3, -0.25) is 0 Å². The summed E-state index contributed by atoms with van der Waals surface area (Å²) in [4.78, 5) is 10.7. The van der Waals surface area contributed by atoms with Gasteiger partial charge in [0, 0.05) is 5.92 Å². The lowest BCUT2D eigenvalue weighted by Crippen LogP contribution is -1.99. The van der Waals surface area contributed by atoms with Crippen LogP contribution in [0.2, 0.25) is 0 Å². The highest BCUT2D eigenvalue weighted by Crippen LogP contribution is 1.95. The Kier molecular flexibility index (Phi) is 3.91. The fourth-order valence-electron chi connectivity index (χ4n) is 0.692. The Balaban J connectivity index is 2.50. The van der Waals surface area contributed by atoms with Gasteiger partial charge in [-0.1, -0.05) is 0 Å². The molecule has 0 unspecified atom stereocenters. The Morgan fingerprint density at radius 1 is 1.57 bits per heavy atom. The van der Waals surface area contributed by atoms with Crippen LogP contribution in [0.3, 0.4) is 0 Å². The smallest absolute Gasteiger partial charge is 0.385 e. The van der Waals surface area contributed by atoms with E-state index in [1.807, 2.05) is 0 Å². The minimum atomic E-state index is -0.568. The summed E-state index contributed by atoms with van der Waals surface area (Å²) >= 11 is 0. The van der Waals surface area contributed by atoms with E-state index in [0.717, 1.165) is 0 Å². The zero-order valence-electron chi connectivity index (χ0n) is 7.66. The summed E-state index contributed by atoms with van der Waals surface area (Å²) in [5.41, 5.74) is 0. The van der Waals surface area contributed by atoms with Gasteiger partial charge >= 0.3 is 5.97 Å². The van der Waals surface area contributed by atoms with Gasteiger partial charge < -0.3 is 9.15 Å². The highest BCUT2D eigenvalue weighted by molar-refractivity contribution is 5.89. The second kappa shape index (κ2) is 5.50. The molecule has 1 aromatic rings. The summed E-state index contributed by atoms with van der Waals surface area (Å²) in [6.07, 6.45) is 1.52. The van der Waals surface area contributed by atoms with Gasteiger partial charge in [0.25, 0.3) is 0 Å². The second-order valence-electron chi connectivity index (χ2n) is 2.20. The molecule has 14 heavy (non-hydrogen) atoms. The molecular formula is C11H8O3. The minimum absolute atomic E-state index is 0.319. The molecule has 3 nitrogen and oxygen atoms in total. The zero-order chi connectivity index (χ0) is 10.2. The monoisotopic (exact) mass is 188 g/mol. The first-order valence-electron chi connectivity index (χ1n) is 4.05. The van der Waals surface area contributed by atoms with Gasteiger partial charge in [0.15, 0.2) is 5.76 Å². The van der Waals surface area contributed by atoms with Gasteiger partial charge in [0.2, 0.25) is 0 Å². The van der Waals surface area contributed by atoms with Crippen LogP contribution in [-0.2, 0) is 9.53 Å². The van der Waals surface area contributed by atoms with Crippen LogP contribution in [0.4, 0.5) is 0 Å². The molecule has 1 aromatic heterocycles. The molecule has 0 amide bonds. The molecule has 0 radical (unpaired) electrons. The molecular weight excluding hydrogens is 180 g/mol. The average Bonchev–Trinajstić information content (AvgIpc) is 2.65. The topological polar surface area (TPSA) is 39.4 Å². The van der Waals surface area contributed by atoms with Crippen LogP contribution < -0.4 is 0 Å². The van der Waals surface area contributed by atoms with Gasteiger partial charge in [-0.05, 0) is 36.8 Å². The fourth-order valence-corrected chi connectivity index (χ4v) is 0.692. The number of furan rings is 1. The minimum Gasteiger partial charge on any atom is -0.456 e. The molecule has 1 heterocycles. The zero-order valence-corrected chi connectivity index (χ0v) is 7.66. The van der Waals surface area contributed by atoms with Crippen molar-refractivity contribution in [3.63, 3.8) is 0 Å². The van der Waals surface area contributed by atoms with Crippen LogP contribution in [0.1, 0.15) is 12.7 Å². The highest BCUT2D eigenvalue weighted by Gasteiger charge is 1.90. The summed E-state index contributed by atoms with van der Waals surface area (Å²) in [7, 11) is 0. The number of hydrogen-bond donors (Lipinski definition) is 0. The van der Waals surface area contributed by atoms with E-state index in [-0.39, 0.29) is 0 Å². The summed E-state index contributed by atoms with van der Waals surface area (Å²) < 4.78 is 9.51. The maximum Gasteiger partial charge on any atom is 0.385 e. The van der Waals surface area contributed by atoms with Crippen molar-refractivity contribution in [2.75, 3.05) is 6.61 Å². The SMILES string of the molecule is CCOC(=O)C#CC#Cc1ccco1. The molecule has 0 aliphatic rings. The van der Waals surface area contributed by atoms with Crippen molar-refractivity contribution in [1.82, 2.24) is 0 Å². The van der Waals surface area contributed by atoms with Crippen LogP contribution in [0.5, 0.6) is 0 Å². The van der Waals surface area contributed by atoms with Crippen molar-refractivity contribution in [2.45, 2.75) is 6.92 Å². The van der Waals surface area contributed by atoms with Crippen molar-refractivity contribution in [3.8, 4) is 23.7 Å². The maximum atomic E-state index is 10.7. The van der Waals surface area contributed by atoms with Crippen LogP contribution in [-0.4, -0.2) is 12.6 Å². The van der Waals surface area contributed by atoms with Crippen molar-refractivity contribution in [1.29, 1.82) is 0 Å². The number of rotatable bonds is 1. The van der Waals surface area contributed by atoms with Crippen molar-refractivity contribution in [2.24, 2.45) is 0 Å². The van der Waals surface area contributed by atoms with E-state index in [2.05, 4.69) is 28.4 Å². The second-order valence-corrected chi connectivity index (χ2v) is 2.20. The first kappa shape index (κ1) is 9.95. The van der Waals surface area contributed by atoms with Crippen molar-refractivity contribution < 1.29 is 13.9 Å². The molecule has 0 saturated heterocycles.